The summed E-state index contributed by atoms with van der Waals surface area (Å²) in [5, 5.41) is 2.29. The number of carbonyl (C=O) groups is 1. The zero-order chi connectivity index (χ0) is 17.0. The van der Waals surface area contributed by atoms with E-state index < -0.39 is 10.0 Å². The van der Waals surface area contributed by atoms with E-state index in [9.17, 15) is 13.2 Å². The van der Waals surface area contributed by atoms with E-state index in [1.54, 1.807) is 35.7 Å². The summed E-state index contributed by atoms with van der Waals surface area (Å²) in [7, 11) is -3.53. The zero-order valence-corrected chi connectivity index (χ0v) is 15.1. The Kier molecular flexibility index (Phi) is 5.80. The topological polar surface area (TPSA) is 66.5 Å². The molecule has 0 aliphatic carbocycles. The lowest BCUT2D eigenvalue weighted by Crippen LogP contribution is -2.37. The van der Waals surface area contributed by atoms with Crippen LogP contribution in [0, 0.1) is 6.92 Å². The van der Waals surface area contributed by atoms with Crippen LogP contribution < -0.4 is 9.62 Å². The monoisotopic (exact) mass is 372 g/mol. The van der Waals surface area contributed by atoms with Gasteiger partial charge in [0.05, 0.1) is 0 Å². The number of anilines is 1. The Balaban J connectivity index is 2.08. The lowest BCUT2D eigenvalue weighted by molar-refractivity contribution is -0.116. The maximum atomic E-state index is 12.1. The standard InChI is InChI=1S/C15H17ClN2O3S2/c1-11-10-13(16)5-6-14(11)18(12(2)19)8-7-17-23(20,21)15-4-3-9-22-15/h3-6,9-10,17H,7-8H2,1-2H3. The second-order valence-corrected chi connectivity index (χ2v) is 8.31. The average Bonchev–Trinajstić information content (AvgIpc) is 2.99. The van der Waals surface area contributed by atoms with Crippen LogP contribution in [-0.2, 0) is 14.8 Å². The summed E-state index contributed by atoms with van der Waals surface area (Å²) in [4.78, 5) is 13.4. The molecular weight excluding hydrogens is 356 g/mol. The van der Waals surface area contributed by atoms with Crippen LogP contribution in [0.4, 0.5) is 5.69 Å². The number of aryl methyl sites for hydroxylation is 1. The van der Waals surface area contributed by atoms with E-state index >= 15 is 0 Å². The van der Waals surface area contributed by atoms with Gasteiger partial charge in [0.2, 0.25) is 15.9 Å². The first-order chi connectivity index (χ1) is 10.8. The summed E-state index contributed by atoms with van der Waals surface area (Å²) >= 11 is 7.08. The third-order valence-corrected chi connectivity index (χ3v) is 6.31. The quantitative estimate of drug-likeness (QED) is 0.847. The van der Waals surface area contributed by atoms with Crippen molar-refractivity contribution >= 4 is 44.6 Å². The van der Waals surface area contributed by atoms with Gasteiger partial charge in [-0.2, -0.15) is 0 Å². The second kappa shape index (κ2) is 7.44. The van der Waals surface area contributed by atoms with Gasteiger partial charge in [0.1, 0.15) is 4.21 Å². The van der Waals surface area contributed by atoms with Crippen LogP contribution in [0.5, 0.6) is 0 Å². The van der Waals surface area contributed by atoms with Gasteiger partial charge in [-0.3, -0.25) is 4.79 Å². The molecular formula is C15H17ClN2O3S2. The largest absolute Gasteiger partial charge is 0.311 e. The van der Waals surface area contributed by atoms with Crippen LogP contribution in [-0.4, -0.2) is 27.4 Å². The molecule has 5 nitrogen and oxygen atoms in total. The molecule has 0 saturated carbocycles. The molecule has 2 aromatic rings. The minimum absolute atomic E-state index is 0.127. The number of rotatable bonds is 6. The summed E-state index contributed by atoms with van der Waals surface area (Å²) in [6, 6.07) is 8.45. The van der Waals surface area contributed by atoms with Gasteiger partial charge in [0.25, 0.3) is 0 Å². The molecule has 1 N–H and O–H groups in total. The van der Waals surface area contributed by atoms with Crippen molar-refractivity contribution in [1.29, 1.82) is 0 Å². The van der Waals surface area contributed by atoms with Gasteiger partial charge >= 0.3 is 0 Å². The van der Waals surface area contributed by atoms with E-state index in [-0.39, 0.29) is 23.2 Å². The molecule has 8 heteroatoms. The van der Waals surface area contributed by atoms with Gasteiger partial charge in [-0.05, 0) is 42.1 Å². The summed E-state index contributed by atoms with van der Waals surface area (Å²) < 4.78 is 26.9. The van der Waals surface area contributed by atoms with Crippen LogP contribution in [0.3, 0.4) is 0 Å². The highest BCUT2D eigenvalue weighted by atomic mass is 35.5. The van der Waals surface area contributed by atoms with Crippen LogP contribution in [0.15, 0.2) is 39.9 Å². The number of halogens is 1. The summed E-state index contributed by atoms with van der Waals surface area (Å²) in [6.45, 7) is 3.67. The molecule has 0 aliphatic rings. The van der Waals surface area contributed by atoms with Gasteiger partial charge in [0, 0.05) is 30.7 Å². The SMILES string of the molecule is CC(=O)N(CCNS(=O)(=O)c1cccs1)c1ccc(Cl)cc1C. The molecule has 0 spiro atoms. The minimum Gasteiger partial charge on any atom is -0.311 e. The molecule has 0 fully saturated rings. The van der Waals surface area contributed by atoms with E-state index in [1.807, 2.05) is 6.92 Å². The first kappa shape index (κ1) is 17.9. The number of hydrogen-bond donors (Lipinski definition) is 1. The van der Waals surface area contributed by atoms with Crippen molar-refractivity contribution in [3.05, 3.63) is 46.3 Å². The van der Waals surface area contributed by atoms with Crippen molar-refractivity contribution < 1.29 is 13.2 Å². The molecule has 1 aromatic carbocycles. The molecule has 1 amide bonds. The number of nitrogens with zero attached hydrogens (tertiary/aromatic N) is 1. The third-order valence-electron chi connectivity index (χ3n) is 3.22. The normalized spacial score (nSPS) is 11.4. The Morgan fingerprint density at radius 2 is 2.09 bits per heavy atom. The molecule has 0 radical (unpaired) electrons. The highest BCUT2D eigenvalue weighted by Crippen LogP contribution is 2.23. The fourth-order valence-electron chi connectivity index (χ4n) is 2.15. The molecule has 0 aliphatic heterocycles. The van der Waals surface area contributed by atoms with E-state index in [4.69, 9.17) is 11.6 Å². The molecule has 0 bridgehead atoms. The molecule has 0 atom stereocenters. The number of carbonyl (C=O) groups excluding carboxylic acids is 1. The molecule has 23 heavy (non-hydrogen) atoms. The Morgan fingerprint density at radius 3 is 2.65 bits per heavy atom. The smallest absolute Gasteiger partial charge is 0.250 e. The predicted molar refractivity (Wildman–Crippen MR) is 93.7 cm³/mol. The zero-order valence-electron chi connectivity index (χ0n) is 12.7. The van der Waals surface area contributed by atoms with Crippen LogP contribution in [0.2, 0.25) is 5.02 Å². The van der Waals surface area contributed by atoms with Crippen molar-refractivity contribution in [3.8, 4) is 0 Å². The molecule has 1 aromatic heterocycles. The molecule has 1 heterocycles. The van der Waals surface area contributed by atoms with E-state index in [2.05, 4.69) is 4.72 Å². The average molecular weight is 373 g/mol. The van der Waals surface area contributed by atoms with Crippen LogP contribution in [0.25, 0.3) is 0 Å². The van der Waals surface area contributed by atoms with Crippen molar-refractivity contribution in [2.24, 2.45) is 0 Å². The number of hydrogen-bond acceptors (Lipinski definition) is 4. The first-order valence-electron chi connectivity index (χ1n) is 6.88. The number of thiophene rings is 1. The van der Waals surface area contributed by atoms with Gasteiger partial charge in [0.15, 0.2) is 0 Å². The lowest BCUT2D eigenvalue weighted by atomic mass is 10.2. The molecule has 0 saturated heterocycles. The minimum atomic E-state index is -3.53. The van der Waals surface area contributed by atoms with Crippen molar-refractivity contribution in [2.75, 3.05) is 18.0 Å². The summed E-state index contributed by atoms with van der Waals surface area (Å²) in [5.74, 6) is -0.161. The number of sulfonamides is 1. The van der Waals surface area contributed by atoms with Crippen molar-refractivity contribution in [2.45, 2.75) is 18.1 Å². The predicted octanol–water partition coefficient (Wildman–Crippen LogP) is 3.04. The Morgan fingerprint density at radius 1 is 1.35 bits per heavy atom. The second-order valence-electron chi connectivity index (χ2n) is 4.93. The highest BCUT2D eigenvalue weighted by molar-refractivity contribution is 7.91. The Hall–Kier alpha value is -1.41. The molecule has 2 rings (SSSR count). The van der Waals surface area contributed by atoms with Gasteiger partial charge in [-0.15, -0.1) is 11.3 Å². The Labute approximate surface area is 144 Å². The fourth-order valence-corrected chi connectivity index (χ4v) is 4.43. The summed E-state index contributed by atoms with van der Waals surface area (Å²) in [5.41, 5.74) is 1.58. The molecule has 124 valence electrons. The number of benzene rings is 1. The van der Waals surface area contributed by atoms with Gasteiger partial charge in [-0.1, -0.05) is 17.7 Å². The highest BCUT2D eigenvalue weighted by Gasteiger charge is 2.17. The van der Waals surface area contributed by atoms with Crippen LogP contribution in [0.1, 0.15) is 12.5 Å². The van der Waals surface area contributed by atoms with E-state index in [0.717, 1.165) is 22.6 Å². The third kappa shape index (κ3) is 4.54. The maximum Gasteiger partial charge on any atom is 0.250 e. The maximum absolute atomic E-state index is 12.1. The Bertz CT molecular complexity index is 789. The first-order valence-corrected chi connectivity index (χ1v) is 9.63. The number of nitrogens with one attached hydrogen (secondary N) is 1. The van der Waals surface area contributed by atoms with Gasteiger partial charge in [-0.25, -0.2) is 13.1 Å². The lowest BCUT2D eigenvalue weighted by Gasteiger charge is -2.23. The molecule has 0 unspecified atom stereocenters. The van der Waals surface area contributed by atoms with Crippen molar-refractivity contribution in [1.82, 2.24) is 4.72 Å². The number of amides is 1. The van der Waals surface area contributed by atoms with Crippen molar-refractivity contribution in [3.63, 3.8) is 0 Å². The fraction of sp³-hybridized carbons (Fsp3) is 0.267. The van der Waals surface area contributed by atoms with Crippen LogP contribution >= 0.6 is 22.9 Å². The van der Waals surface area contributed by atoms with E-state index in [1.165, 1.54) is 11.8 Å². The summed E-state index contributed by atoms with van der Waals surface area (Å²) in [6.07, 6.45) is 0. The van der Waals surface area contributed by atoms with Gasteiger partial charge < -0.3 is 4.90 Å². The van der Waals surface area contributed by atoms with E-state index in [0.29, 0.717) is 5.02 Å².